The Hall–Kier alpha value is -1.67. The third-order valence-electron chi connectivity index (χ3n) is 4.01. The zero-order valence-corrected chi connectivity index (χ0v) is 14.5. The molecule has 0 aromatic carbocycles. The molecule has 23 heavy (non-hydrogen) atoms. The molecule has 4 rings (SSSR count). The van der Waals surface area contributed by atoms with Crippen molar-refractivity contribution in [3.63, 3.8) is 0 Å². The molecule has 1 N–H and O–H groups in total. The summed E-state index contributed by atoms with van der Waals surface area (Å²) in [5.74, 6) is 1.48. The van der Waals surface area contributed by atoms with Crippen LogP contribution in [0.25, 0.3) is 4.96 Å². The van der Waals surface area contributed by atoms with Gasteiger partial charge in [-0.15, -0.1) is 16.4 Å². The summed E-state index contributed by atoms with van der Waals surface area (Å²) in [4.78, 5) is 23.7. The van der Waals surface area contributed by atoms with Gasteiger partial charge in [0.1, 0.15) is 5.82 Å². The highest BCUT2D eigenvalue weighted by Gasteiger charge is 2.18. The van der Waals surface area contributed by atoms with Crippen LogP contribution in [0.15, 0.2) is 16.0 Å². The van der Waals surface area contributed by atoms with Gasteiger partial charge >= 0.3 is 0 Å². The molecule has 3 aromatic heterocycles. The van der Waals surface area contributed by atoms with E-state index >= 15 is 0 Å². The molecule has 0 spiro atoms. The van der Waals surface area contributed by atoms with E-state index in [2.05, 4.69) is 20.2 Å². The lowest BCUT2D eigenvalue weighted by molar-refractivity contribution is 0.670. The summed E-state index contributed by atoms with van der Waals surface area (Å²) in [6.45, 7) is 2.03. The number of aryl methyl sites for hydroxylation is 3. The quantitative estimate of drug-likeness (QED) is 0.734. The summed E-state index contributed by atoms with van der Waals surface area (Å²) in [5, 5.41) is 7.76. The van der Waals surface area contributed by atoms with E-state index in [1.165, 1.54) is 28.8 Å². The van der Waals surface area contributed by atoms with E-state index < -0.39 is 0 Å². The van der Waals surface area contributed by atoms with Gasteiger partial charge in [0.05, 0.1) is 5.69 Å². The molecule has 8 heteroatoms. The molecule has 3 aromatic rings. The largest absolute Gasteiger partial charge is 0.269 e. The van der Waals surface area contributed by atoms with Crippen molar-refractivity contribution in [3.8, 4) is 0 Å². The molecule has 3 heterocycles. The van der Waals surface area contributed by atoms with Crippen LogP contribution in [0.5, 0.6) is 0 Å². The van der Waals surface area contributed by atoms with Crippen LogP contribution >= 0.6 is 23.1 Å². The molecule has 0 saturated heterocycles. The molecular weight excluding hydrogens is 330 g/mol. The van der Waals surface area contributed by atoms with Gasteiger partial charge in [-0.1, -0.05) is 18.7 Å². The number of nitrogens with zero attached hydrogens (tertiary/aromatic N) is 4. The van der Waals surface area contributed by atoms with Gasteiger partial charge in [-0.05, 0) is 25.7 Å². The summed E-state index contributed by atoms with van der Waals surface area (Å²) in [7, 11) is 0. The minimum absolute atomic E-state index is 0.0363. The number of nitrogens with one attached hydrogen (secondary N) is 1. The molecule has 120 valence electrons. The minimum atomic E-state index is 0.0363. The molecule has 0 amide bonds. The molecule has 1 aliphatic carbocycles. The molecule has 0 radical (unpaired) electrons. The van der Waals surface area contributed by atoms with Crippen LogP contribution < -0.4 is 5.56 Å². The van der Waals surface area contributed by atoms with Crippen LogP contribution in [0.1, 0.15) is 41.9 Å². The number of thiazole rings is 1. The highest BCUT2D eigenvalue weighted by Crippen LogP contribution is 2.28. The van der Waals surface area contributed by atoms with Gasteiger partial charge < -0.3 is 0 Å². The third kappa shape index (κ3) is 2.81. The second-order valence-electron chi connectivity index (χ2n) is 5.59. The number of H-pyrrole nitrogens is 1. The highest BCUT2D eigenvalue weighted by atomic mass is 32.2. The predicted molar refractivity (Wildman–Crippen MR) is 91.3 cm³/mol. The Morgan fingerprint density at radius 2 is 2.22 bits per heavy atom. The van der Waals surface area contributed by atoms with Crippen molar-refractivity contribution < 1.29 is 0 Å². The predicted octanol–water partition coefficient (Wildman–Crippen LogP) is 2.61. The SMILES string of the molecule is CCc1nc(SCc2cc(=O)n3c4c(sc3n2)CCCC4)n[nH]1. The topological polar surface area (TPSA) is 75.9 Å². The molecule has 0 unspecified atom stereocenters. The lowest BCUT2D eigenvalue weighted by Crippen LogP contribution is -2.17. The zero-order chi connectivity index (χ0) is 15.8. The van der Waals surface area contributed by atoms with Crippen molar-refractivity contribution in [2.45, 2.75) is 49.9 Å². The monoisotopic (exact) mass is 347 g/mol. The number of aromatic amines is 1. The second kappa shape index (κ2) is 6.09. The van der Waals surface area contributed by atoms with Gasteiger partial charge in [0.15, 0.2) is 4.96 Å². The number of fused-ring (bicyclic) bond motifs is 3. The fourth-order valence-corrected chi connectivity index (χ4v) is 4.80. The van der Waals surface area contributed by atoms with Crippen LogP contribution in [-0.4, -0.2) is 24.6 Å². The average Bonchev–Trinajstić information content (AvgIpc) is 3.16. The first kappa shape index (κ1) is 14.9. The van der Waals surface area contributed by atoms with Crippen LogP contribution in [0.2, 0.25) is 0 Å². The smallest absolute Gasteiger partial charge is 0.259 e. The van der Waals surface area contributed by atoms with E-state index in [9.17, 15) is 4.79 Å². The van der Waals surface area contributed by atoms with Crippen LogP contribution in [0.3, 0.4) is 0 Å². The first-order valence-electron chi connectivity index (χ1n) is 7.82. The Labute approximate surface area is 141 Å². The molecule has 0 bridgehead atoms. The average molecular weight is 347 g/mol. The maximum absolute atomic E-state index is 12.5. The number of hydrogen-bond acceptors (Lipinski definition) is 6. The number of aromatic nitrogens is 5. The fourth-order valence-electron chi connectivity index (χ4n) is 2.85. The van der Waals surface area contributed by atoms with Crippen LogP contribution in [-0.2, 0) is 25.0 Å². The zero-order valence-electron chi connectivity index (χ0n) is 12.8. The Balaban J connectivity index is 1.62. The molecule has 0 atom stereocenters. The molecule has 0 saturated carbocycles. The Bertz CT molecular complexity index is 910. The minimum Gasteiger partial charge on any atom is -0.269 e. The standard InChI is InChI=1S/C15H17N5OS2/c1-2-12-17-14(19-18-12)22-8-9-7-13(21)20-10-5-3-4-6-11(10)23-15(20)16-9/h7H,2-6,8H2,1H3,(H,17,18,19). The normalized spacial score (nSPS) is 14.3. The second-order valence-corrected chi connectivity index (χ2v) is 7.59. The van der Waals surface area contributed by atoms with Crippen molar-refractivity contribution in [3.05, 3.63) is 38.5 Å². The van der Waals surface area contributed by atoms with E-state index in [-0.39, 0.29) is 5.56 Å². The lowest BCUT2D eigenvalue weighted by Gasteiger charge is -2.09. The van der Waals surface area contributed by atoms with Crippen molar-refractivity contribution in [1.82, 2.24) is 24.6 Å². The molecule has 6 nitrogen and oxygen atoms in total. The van der Waals surface area contributed by atoms with Gasteiger partial charge in [0, 0.05) is 28.8 Å². The first-order valence-corrected chi connectivity index (χ1v) is 9.62. The lowest BCUT2D eigenvalue weighted by atomic mass is 10.0. The van der Waals surface area contributed by atoms with Crippen LogP contribution in [0, 0.1) is 0 Å². The van der Waals surface area contributed by atoms with Crippen molar-refractivity contribution in [1.29, 1.82) is 0 Å². The third-order valence-corrected chi connectivity index (χ3v) is 6.03. The Kier molecular flexibility index (Phi) is 3.94. The molecule has 0 fully saturated rings. The molecule has 0 aliphatic heterocycles. The summed E-state index contributed by atoms with van der Waals surface area (Å²) in [6.07, 6.45) is 5.26. The summed E-state index contributed by atoms with van der Waals surface area (Å²) in [5.41, 5.74) is 2.00. The van der Waals surface area contributed by atoms with Gasteiger partial charge in [-0.3, -0.25) is 14.3 Å². The molecule has 1 aliphatic rings. The number of rotatable bonds is 4. The van der Waals surface area contributed by atoms with Crippen molar-refractivity contribution in [2.75, 3.05) is 0 Å². The van der Waals surface area contributed by atoms with E-state index in [1.54, 1.807) is 21.8 Å². The maximum Gasteiger partial charge on any atom is 0.259 e. The van der Waals surface area contributed by atoms with Crippen LogP contribution in [0.4, 0.5) is 0 Å². The summed E-state index contributed by atoms with van der Waals surface area (Å²) >= 11 is 3.16. The highest BCUT2D eigenvalue weighted by molar-refractivity contribution is 7.98. The van der Waals surface area contributed by atoms with Crippen molar-refractivity contribution in [2.24, 2.45) is 0 Å². The Morgan fingerprint density at radius 1 is 1.35 bits per heavy atom. The van der Waals surface area contributed by atoms with Crippen molar-refractivity contribution >= 4 is 28.1 Å². The number of thioether (sulfide) groups is 1. The van der Waals surface area contributed by atoms with E-state index in [4.69, 9.17) is 0 Å². The van der Waals surface area contributed by atoms with Gasteiger partial charge in [-0.2, -0.15) is 0 Å². The molecular formula is C15H17N5OS2. The fraction of sp³-hybridized carbons (Fsp3) is 0.467. The summed E-state index contributed by atoms with van der Waals surface area (Å²) < 4.78 is 1.80. The van der Waals surface area contributed by atoms with E-state index in [0.29, 0.717) is 10.9 Å². The first-order chi connectivity index (χ1) is 11.2. The summed E-state index contributed by atoms with van der Waals surface area (Å²) in [6, 6.07) is 1.65. The van der Waals surface area contributed by atoms with Gasteiger partial charge in [0.25, 0.3) is 5.56 Å². The number of hydrogen-bond donors (Lipinski definition) is 1. The Morgan fingerprint density at radius 3 is 3.04 bits per heavy atom. The van der Waals surface area contributed by atoms with E-state index in [0.717, 1.165) is 42.2 Å². The van der Waals surface area contributed by atoms with E-state index in [1.807, 2.05) is 6.92 Å². The maximum atomic E-state index is 12.5. The van der Waals surface area contributed by atoms with Gasteiger partial charge in [-0.25, -0.2) is 9.97 Å². The van der Waals surface area contributed by atoms with Gasteiger partial charge in [0.2, 0.25) is 5.16 Å².